The number of rotatable bonds is 4. The Balaban J connectivity index is 1.57. The molecule has 120 valence electrons. The molecule has 0 bridgehead atoms. The van der Waals surface area contributed by atoms with Crippen LogP contribution in [0.25, 0.3) is 0 Å². The van der Waals surface area contributed by atoms with Crippen molar-refractivity contribution in [2.75, 3.05) is 18.0 Å². The Labute approximate surface area is 137 Å². The van der Waals surface area contributed by atoms with Gasteiger partial charge in [0.2, 0.25) is 5.91 Å². The lowest BCUT2D eigenvalue weighted by Crippen LogP contribution is -2.44. The summed E-state index contributed by atoms with van der Waals surface area (Å²) in [6.07, 6.45) is 1.98. The van der Waals surface area contributed by atoms with Crippen LogP contribution in [0.15, 0.2) is 54.6 Å². The van der Waals surface area contributed by atoms with Gasteiger partial charge in [-0.15, -0.1) is 0 Å². The van der Waals surface area contributed by atoms with Crippen molar-refractivity contribution in [1.82, 2.24) is 5.32 Å². The Morgan fingerprint density at radius 1 is 1.00 bits per heavy atom. The first-order valence-electron chi connectivity index (χ1n) is 8.06. The molecule has 0 radical (unpaired) electrons. The summed E-state index contributed by atoms with van der Waals surface area (Å²) in [7, 11) is 0. The van der Waals surface area contributed by atoms with Gasteiger partial charge in [0.15, 0.2) is 0 Å². The summed E-state index contributed by atoms with van der Waals surface area (Å²) in [6, 6.07) is 18.3. The monoisotopic (exact) mass is 310 g/mol. The highest BCUT2D eigenvalue weighted by Crippen LogP contribution is 2.26. The summed E-state index contributed by atoms with van der Waals surface area (Å²) in [5.74, 6) is 1.75. The minimum Gasteiger partial charge on any atom is -0.457 e. The van der Waals surface area contributed by atoms with E-state index in [1.165, 1.54) is 5.69 Å². The number of anilines is 1. The molecule has 4 nitrogen and oxygen atoms in total. The van der Waals surface area contributed by atoms with E-state index in [1.807, 2.05) is 42.5 Å². The second kappa shape index (κ2) is 7.18. The number of carbonyl (C=O) groups excluding carboxylic acids is 1. The van der Waals surface area contributed by atoms with Crippen molar-refractivity contribution < 1.29 is 9.53 Å². The second-order valence-corrected chi connectivity index (χ2v) is 5.87. The Bertz CT molecular complexity index is 632. The van der Waals surface area contributed by atoms with Crippen molar-refractivity contribution in [1.29, 1.82) is 0 Å². The minimum absolute atomic E-state index is 0.0610. The first-order valence-corrected chi connectivity index (χ1v) is 8.06. The summed E-state index contributed by atoms with van der Waals surface area (Å²) in [5, 5.41) is 3.00. The van der Waals surface area contributed by atoms with Gasteiger partial charge in [0.1, 0.15) is 11.5 Å². The van der Waals surface area contributed by atoms with Gasteiger partial charge in [-0.3, -0.25) is 4.79 Å². The van der Waals surface area contributed by atoms with E-state index in [4.69, 9.17) is 4.74 Å². The fourth-order valence-electron chi connectivity index (χ4n) is 2.92. The second-order valence-electron chi connectivity index (χ2n) is 5.87. The molecule has 0 spiro atoms. The summed E-state index contributed by atoms with van der Waals surface area (Å²) < 4.78 is 5.82. The van der Waals surface area contributed by atoms with Crippen LogP contribution in [0.2, 0.25) is 0 Å². The molecule has 0 saturated carbocycles. The van der Waals surface area contributed by atoms with Crippen LogP contribution in [-0.4, -0.2) is 25.0 Å². The fraction of sp³-hybridized carbons (Fsp3) is 0.316. The van der Waals surface area contributed by atoms with Gasteiger partial charge in [0, 0.05) is 31.7 Å². The van der Waals surface area contributed by atoms with Gasteiger partial charge >= 0.3 is 0 Å². The van der Waals surface area contributed by atoms with Crippen LogP contribution in [0, 0.1) is 0 Å². The number of nitrogens with one attached hydrogen (secondary N) is 1. The molecule has 0 atom stereocenters. The fourth-order valence-corrected chi connectivity index (χ4v) is 2.92. The molecule has 2 aromatic carbocycles. The molecule has 4 heteroatoms. The smallest absolute Gasteiger partial charge is 0.217 e. The number of hydrogen-bond acceptors (Lipinski definition) is 3. The van der Waals surface area contributed by atoms with Crippen molar-refractivity contribution in [3.8, 4) is 11.5 Å². The highest BCUT2D eigenvalue weighted by atomic mass is 16.5. The zero-order chi connectivity index (χ0) is 16.1. The average Bonchev–Trinajstić information content (AvgIpc) is 2.57. The summed E-state index contributed by atoms with van der Waals surface area (Å²) in [6.45, 7) is 3.51. The number of amides is 1. The minimum atomic E-state index is 0.0610. The van der Waals surface area contributed by atoms with Crippen LogP contribution in [-0.2, 0) is 4.79 Å². The van der Waals surface area contributed by atoms with Gasteiger partial charge < -0.3 is 15.0 Å². The Morgan fingerprint density at radius 2 is 1.61 bits per heavy atom. The topological polar surface area (TPSA) is 41.6 Å². The number of hydrogen-bond donors (Lipinski definition) is 1. The van der Waals surface area contributed by atoms with Crippen LogP contribution in [0.4, 0.5) is 5.69 Å². The summed E-state index contributed by atoms with van der Waals surface area (Å²) in [4.78, 5) is 13.5. The van der Waals surface area contributed by atoms with Gasteiger partial charge in [-0.05, 0) is 49.2 Å². The number of para-hydroxylation sites is 1. The average molecular weight is 310 g/mol. The number of ether oxygens (including phenoxy) is 1. The Hall–Kier alpha value is -2.49. The number of carbonyl (C=O) groups is 1. The maximum atomic E-state index is 11.1. The molecule has 3 rings (SSSR count). The van der Waals surface area contributed by atoms with E-state index in [0.29, 0.717) is 6.04 Å². The predicted octanol–water partition coefficient (Wildman–Crippen LogP) is 3.58. The van der Waals surface area contributed by atoms with E-state index in [-0.39, 0.29) is 5.91 Å². The van der Waals surface area contributed by atoms with Crippen molar-refractivity contribution in [2.24, 2.45) is 0 Å². The zero-order valence-corrected chi connectivity index (χ0v) is 13.4. The van der Waals surface area contributed by atoms with Crippen molar-refractivity contribution in [3.05, 3.63) is 54.6 Å². The van der Waals surface area contributed by atoms with Crippen LogP contribution in [0.1, 0.15) is 19.8 Å². The molecule has 1 heterocycles. The predicted molar refractivity (Wildman–Crippen MR) is 92.0 cm³/mol. The lowest BCUT2D eigenvalue weighted by molar-refractivity contribution is -0.119. The lowest BCUT2D eigenvalue weighted by Gasteiger charge is -2.33. The van der Waals surface area contributed by atoms with Crippen LogP contribution >= 0.6 is 0 Å². The Kier molecular flexibility index (Phi) is 4.81. The van der Waals surface area contributed by atoms with Gasteiger partial charge in [-0.1, -0.05) is 18.2 Å². The first-order chi connectivity index (χ1) is 11.2. The quantitative estimate of drug-likeness (QED) is 0.938. The molecule has 1 saturated heterocycles. The SMILES string of the molecule is CC(=O)NC1CCN(c2ccc(Oc3ccccc3)cc2)CC1. The summed E-state index contributed by atoms with van der Waals surface area (Å²) in [5.41, 5.74) is 1.20. The molecule has 0 unspecified atom stereocenters. The number of benzene rings is 2. The van der Waals surface area contributed by atoms with Crippen molar-refractivity contribution in [3.63, 3.8) is 0 Å². The standard InChI is InChI=1S/C19H22N2O2/c1-15(22)20-16-11-13-21(14-12-16)17-7-9-19(10-8-17)23-18-5-3-2-4-6-18/h2-10,16H,11-14H2,1H3,(H,20,22). The third kappa shape index (κ3) is 4.25. The van der Waals surface area contributed by atoms with E-state index in [2.05, 4.69) is 22.3 Å². The van der Waals surface area contributed by atoms with Gasteiger partial charge in [-0.25, -0.2) is 0 Å². The molecule has 23 heavy (non-hydrogen) atoms. The van der Waals surface area contributed by atoms with Crippen molar-refractivity contribution in [2.45, 2.75) is 25.8 Å². The normalized spacial score (nSPS) is 15.3. The third-order valence-corrected chi connectivity index (χ3v) is 4.08. The third-order valence-electron chi connectivity index (χ3n) is 4.08. The first kappa shape index (κ1) is 15.4. The Morgan fingerprint density at radius 3 is 2.22 bits per heavy atom. The van der Waals surface area contributed by atoms with Gasteiger partial charge in [0.05, 0.1) is 0 Å². The van der Waals surface area contributed by atoms with Crippen molar-refractivity contribution >= 4 is 11.6 Å². The van der Waals surface area contributed by atoms with E-state index >= 15 is 0 Å². The number of piperidine rings is 1. The van der Waals surface area contributed by atoms with E-state index in [1.54, 1.807) is 6.92 Å². The maximum Gasteiger partial charge on any atom is 0.217 e. The molecule has 2 aromatic rings. The van der Waals surface area contributed by atoms with Gasteiger partial charge in [-0.2, -0.15) is 0 Å². The molecule has 0 aliphatic carbocycles. The molecular formula is C19H22N2O2. The highest BCUT2D eigenvalue weighted by Gasteiger charge is 2.19. The molecule has 1 fully saturated rings. The van der Waals surface area contributed by atoms with E-state index in [0.717, 1.165) is 37.4 Å². The molecule has 1 N–H and O–H groups in total. The van der Waals surface area contributed by atoms with Crippen LogP contribution in [0.3, 0.4) is 0 Å². The summed E-state index contributed by atoms with van der Waals surface area (Å²) >= 11 is 0. The van der Waals surface area contributed by atoms with E-state index in [9.17, 15) is 4.79 Å². The van der Waals surface area contributed by atoms with Crippen LogP contribution < -0.4 is 15.0 Å². The molecule has 0 aromatic heterocycles. The molecule has 1 amide bonds. The zero-order valence-electron chi connectivity index (χ0n) is 13.4. The highest BCUT2D eigenvalue weighted by molar-refractivity contribution is 5.73. The van der Waals surface area contributed by atoms with E-state index < -0.39 is 0 Å². The lowest BCUT2D eigenvalue weighted by atomic mass is 10.0. The number of nitrogens with zero attached hydrogens (tertiary/aromatic N) is 1. The largest absolute Gasteiger partial charge is 0.457 e. The van der Waals surface area contributed by atoms with Crippen LogP contribution in [0.5, 0.6) is 11.5 Å². The molecule has 1 aliphatic rings. The molecular weight excluding hydrogens is 288 g/mol. The maximum absolute atomic E-state index is 11.1. The van der Waals surface area contributed by atoms with Gasteiger partial charge in [0.25, 0.3) is 0 Å². The molecule has 1 aliphatic heterocycles.